The van der Waals surface area contributed by atoms with Crippen LogP contribution >= 0.6 is 15.9 Å². The van der Waals surface area contributed by atoms with Crippen LogP contribution in [0.25, 0.3) is 0 Å². The standard InChI is InChI=1S/C7H6BrF2N3O/c8-3-1-4(9)6(5(10)2-3)12-7(11)13-14/h1-2,14H,(H3,11,12,13). The molecule has 0 unspecified atom stereocenters. The number of halogens is 3. The minimum atomic E-state index is -0.880. The van der Waals surface area contributed by atoms with Crippen LogP contribution in [0.5, 0.6) is 0 Å². The summed E-state index contributed by atoms with van der Waals surface area (Å²) in [5, 5.41) is 8.27. The molecule has 0 aliphatic carbocycles. The first-order chi connectivity index (χ1) is 6.54. The molecule has 0 saturated carbocycles. The molecule has 0 aliphatic rings. The topological polar surface area (TPSA) is 70.6 Å². The number of nitrogens with one attached hydrogen (secondary N) is 1. The zero-order valence-corrected chi connectivity index (χ0v) is 8.35. The predicted molar refractivity (Wildman–Crippen MR) is 50.3 cm³/mol. The lowest BCUT2D eigenvalue weighted by Gasteiger charge is -2.01. The predicted octanol–water partition coefficient (Wildman–Crippen LogP) is 1.65. The van der Waals surface area contributed by atoms with Crippen LogP contribution in [0, 0.1) is 11.6 Å². The van der Waals surface area contributed by atoms with Crippen LogP contribution in [-0.4, -0.2) is 11.2 Å². The summed E-state index contributed by atoms with van der Waals surface area (Å²) in [4.78, 5) is 3.28. The largest absolute Gasteiger partial charge is 0.368 e. The normalized spacial score (nSPS) is 11.6. The number of benzene rings is 1. The van der Waals surface area contributed by atoms with Crippen molar-refractivity contribution in [2.45, 2.75) is 0 Å². The molecule has 14 heavy (non-hydrogen) atoms. The zero-order valence-electron chi connectivity index (χ0n) is 6.76. The van der Waals surface area contributed by atoms with E-state index < -0.39 is 23.3 Å². The van der Waals surface area contributed by atoms with E-state index in [0.29, 0.717) is 0 Å². The number of aliphatic imine (C=N–C) groups is 1. The number of nitrogens with zero attached hydrogens (tertiary/aromatic N) is 1. The maximum atomic E-state index is 13.1. The van der Waals surface area contributed by atoms with Crippen molar-refractivity contribution < 1.29 is 14.0 Å². The van der Waals surface area contributed by atoms with Gasteiger partial charge in [0.2, 0.25) is 5.96 Å². The molecule has 4 N–H and O–H groups in total. The van der Waals surface area contributed by atoms with Crippen molar-refractivity contribution in [1.29, 1.82) is 0 Å². The maximum Gasteiger partial charge on any atom is 0.218 e. The van der Waals surface area contributed by atoms with Gasteiger partial charge in [-0.3, -0.25) is 5.21 Å². The third kappa shape index (κ3) is 2.39. The molecular weight excluding hydrogens is 260 g/mol. The van der Waals surface area contributed by atoms with E-state index in [1.165, 1.54) is 5.48 Å². The van der Waals surface area contributed by atoms with Gasteiger partial charge >= 0.3 is 0 Å². The van der Waals surface area contributed by atoms with E-state index in [-0.39, 0.29) is 4.47 Å². The first-order valence-electron chi connectivity index (χ1n) is 3.43. The highest BCUT2D eigenvalue weighted by Crippen LogP contribution is 2.25. The van der Waals surface area contributed by atoms with Gasteiger partial charge in [-0.1, -0.05) is 15.9 Å². The van der Waals surface area contributed by atoms with Gasteiger partial charge in [-0.05, 0) is 12.1 Å². The average Bonchev–Trinajstić information content (AvgIpc) is 2.10. The Morgan fingerprint density at radius 1 is 1.43 bits per heavy atom. The van der Waals surface area contributed by atoms with Gasteiger partial charge in [0.1, 0.15) is 5.69 Å². The molecule has 76 valence electrons. The Morgan fingerprint density at radius 3 is 2.36 bits per heavy atom. The summed E-state index contributed by atoms with van der Waals surface area (Å²) >= 11 is 2.91. The van der Waals surface area contributed by atoms with Gasteiger partial charge in [0.05, 0.1) is 0 Å². The van der Waals surface area contributed by atoms with Crippen molar-refractivity contribution in [3.63, 3.8) is 0 Å². The lowest BCUT2D eigenvalue weighted by atomic mass is 10.3. The number of rotatable bonds is 1. The molecule has 1 rings (SSSR count). The molecule has 0 aromatic heterocycles. The van der Waals surface area contributed by atoms with Crippen molar-refractivity contribution in [3.05, 3.63) is 28.2 Å². The molecule has 1 aromatic carbocycles. The van der Waals surface area contributed by atoms with Gasteiger partial charge in [0.25, 0.3) is 0 Å². The lowest BCUT2D eigenvalue weighted by molar-refractivity contribution is 0.233. The van der Waals surface area contributed by atoms with E-state index in [9.17, 15) is 8.78 Å². The second-order valence-electron chi connectivity index (χ2n) is 2.33. The lowest BCUT2D eigenvalue weighted by Crippen LogP contribution is -2.27. The fraction of sp³-hybridized carbons (Fsp3) is 0. The van der Waals surface area contributed by atoms with Crippen molar-refractivity contribution >= 4 is 27.6 Å². The first kappa shape index (κ1) is 10.9. The summed E-state index contributed by atoms with van der Waals surface area (Å²) in [5.74, 6) is -2.25. The highest BCUT2D eigenvalue weighted by atomic mass is 79.9. The Bertz CT molecular complexity index is 360. The summed E-state index contributed by atoms with van der Waals surface area (Å²) in [6.45, 7) is 0. The van der Waals surface area contributed by atoms with E-state index in [4.69, 9.17) is 10.9 Å². The van der Waals surface area contributed by atoms with E-state index in [0.717, 1.165) is 12.1 Å². The smallest absolute Gasteiger partial charge is 0.218 e. The van der Waals surface area contributed by atoms with Crippen LogP contribution in [0.1, 0.15) is 0 Å². The van der Waals surface area contributed by atoms with Crippen LogP contribution in [0.2, 0.25) is 0 Å². The van der Waals surface area contributed by atoms with Gasteiger partial charge < -0.3 is 5.73 Å². The van der Waals surface area contributed by atoms with Crippen LogP contribution in [0.4, 0.5) is 14.5 Å². The van der Waals surface area contributed by atoms with Gasteiger partial charge in [-0.15, -0.1) is 0 Å². The van der Waals surface area contributed by atoms with Gasteiger partial charge in [0.15, 0.2) is 11.6 Å². The average molecular weight is 266 g/mol. The Balaban J connectivity index is 3.21. The molecule has 0 saturated heterocycles. The van der Waals surface area contributed by atoms with Crippen molar-refractivity contribution in [2.75, 3.05) is 0 Å². The number of nitrogens with two attached hydrogens (primary N) is 1. The van der Waals surface area contributed by atoms with Gasteiger partial charge in [-0.2, -0.15) is 0 Å². The zero-order chi connectivity index (χ0) is 10.7. The minimum absolute atomic E-state index is 0.252. The van der Waals surface area contributed by atoms with Gasteiger partial charge in [-0.25, -0.2) is 19.3 Å². The molecule has 7 heteroatoms. The minimum Gasteiger partial charge on any atom is -0.368 e. The Hall–Kier alpha value is -1.21. The molecule has 0 aliphatic heterocycles. The van der Waals surface area contributed by atoms with E-state index in [1.54, 1.807) is 0 Å². The summed E-state index contributed by atoms with van der Waals surface area (Å²) in [6.07, 6.45) is 0. The number of hydrogen-bond donors (Lipinski definition) is 3. The Morgan fingerprint density at radius 2 is 1.93 bits per heavy atom. The monoisotopic (exact) mass is 265 g/mol. The highest BCUT2D eigenvalue weighted by molar-refractivity contribution is 9.10. The molecule has 0 fully saturated rings. The first-order valence-corrected chi connectivity index (χ1v) is 4.22. The summed E-state index contributed by atoms with van der Waals surface area (Å²) < 4.78 is 26.4. The molecule has 0 spiro atoms. The quantitative estimate of drug-likeness (QED) is 0.411. The van der Waals surface area contributed by atoms with Crippen molar-refractivity contribution in [3.8, 4) is 0 Å². The fourth-order valence-electron chi connectivity index (χ4n) is 0.787. The Labute approximate surface area is 86.5 Å². The molecule has 0 amide bonds. The second-order valence-corrected chi connectivity index (χ2v) is 3.24. The molecule has 1 aromatic rings. The third-order valence-corrected chi connectivity index (χ3v) is 1.79. The van der Waals surface area contributed by atoms with Crippen LogP contribution in [0.3, 0.4) is 0 Å². The molecule has 0 heterocycles. The second kappa shape index (κ2) is 4.34. The van der Waals surface area contributed by atoms with E-state index >= 15 is 0 Å². The van der Waals surface area contributed by atoms with Crippen LogP contribution in [0.15, 0.2) is 21.6 Å². The molecule has 0 atom stereocenters. The molecular formula is C7H6BrF2N3O. The number of guanidine groups is 1. The number of hydroxylamine groups is 1. The summed E-state index contributed by atoms with van der Waals surface area (Å²) in [5.41, 5.74) is 5.93. The Kier molecular flexibility index (Phi) is 3.37. The number of hydrogen-bond acceptors (Lipinski definition) is 2. The maximum absolute atomic E-state index is 13.1. The third-order valence-electron chi connectivity index (χ3n) is 1.33. The molecule has 0 radical (unpaired) electrons. The SMILES string of the molecule is NC(=Nc1c(F)cc(Br)cc1F)NO. The summed E-state index contributed by atoms with van der Waals surface area (Å²) in [7, 11) is 0. The fourth-order valence-corrected chi connectivity index (χ4v) is 1.19. The van der Waals surface area contributed by atoms with Gasteiger partial charge in [0, 0.05) is 4.47 Å². The van der Waals surface area contributed by atoms with Crippen LogP contribution in [-0.2, 0) is 0 Å². The highest BCUT2D eigenvalue weighted by Gasteiger charge is 2.09. The van der Waals surface area contributed by atoms with Crippen molar-refractivity contribution in [1.82, 2.24) is 5.48 Å². The van der Waals surface area contributed by atoms with E-state index in [1.807, 2.05) is 0 Å². The van der Waals surface area contributed by atoms with E-state index in [2.05, 4.69) is 20.9 Å². The molecule has 0 bridgehead atoms. The van der Waals surface area contributed by atoms with Crippen molar-refractivity contribution in [2.24, 2.45) is 10.7 Å². The molecule has 4 nitrogen and oxygen atoms in total. The van der Waals surface area contributed by atoms with Crippen LogP contribution < -0.4 is 11.2 Å². The summed E-state index contributed by atoms with van der Waals surface area (Å²) in [6, 6.07) is 2.07.